The van der Waals surface area contributed by atoms with Crippen molar-refractivity contribution < 1.29 is 47.2 Å². The lowest BCUT2D eigenvalue weighted by atomic mass is 9.73. The molecule has 41 heavy (non-hydrogen) atoms. The fourth-order valence-electron chi connectivity index (χ4n) is 4.90. The lowest BCUT2D eigenvalue weighted by Gasteiger charge is -2.37. The number of phosphoric acid groups is 2. The molecule has 0 radical (unpaired) electrons. The summed E-state index contributed by atoms with van der Waals surface area (Å²) < 4.78 is 45.1. The van der Waals surface area contributed by atoms with Gasteiger partial charge in [0.05, 0.1) is 0 Å². The van der Waals surface area contributed by atoms with Gasteiger partial charge in [-0.1, -0.05) is 43.6 Å². The van der Waals surface area contributed by atoms with Gasteiger partial charge in [-0.2, -0.15) is 0 Å². The summed E-state index contributed by atoms with van der Waals surface area (Å²) in [4.78, 5) is 41.9. The van der Waals surface area contributed by atoms with Gasteiger partial charge >= 0.3 is 0 Å². The number of hydrogen-bond acceptors (Lipinski definition) is 10. The molecule has 0 aromatic heterocycles. The summed E-state index contributed by atoms with van der Waals surface area (Å²) in [5.74, 6) is -3.49. The molecule has 0 heterocycles. The maximum atomic E-state index is 11.6. The zero-order valence-corrected chi connectivity index (χ0v) is 27.1. The first-order valence-electron chi connectivity index (χ1n) is 13.1. The second-order valence-electron chi connectivity index (χ2n) is 11.1. The van der Waals surface area contributed by atoms with Crippen molar-refractivity contribution in [2.75, 3.05) is 0 Å². The first kappa shape index (κ1) is 39.4. The van der Waals surface area contributed by atoms with Gasteiger partial charge in [-0.3, -0.25) is 18.2 Å². The number of allylic oxidation sites excluding steroid dienone is 3. The highest BCUT2D eigenvalue weighted by molar-refractivity contribution is 7.45. The Morgan fingerprint density at radius 1 is 1.00 bits per heavy atom. The predicted molar refractivity (Wildman–Crippen MR) is 155 cm³/mol. The molecule has 4 unspecified atom stereocenters. The molecule has 1 aromatic rings. The Morgan fingerprint density at radius 3 is 1.85 bits per heavy atom. The number of rotatable bonds is 14. The number of ether oxygens (including phenoxy) is 2. The fraction of sp³-hybridized carbons (Fsp3) is 0.630. The van der Waals surface area contributed by atoms with E-state index >= 15 is 0 Å². The molecule has 0 aliphatic heterocycles. The van der Waals surface area contributed by atoms with Crippen molar-refractivity contribution in [2.45, 2.75) is 104 Å². The lowest BCUT2D eigenvalue weighted by Crippen LogP contribution is -2.35. The van der Waals surface area contributed by atoms with Crippen LogP contribution < -0.4 is 31.6 Å². The van der Waals surface area contributed by atoms with E-state index in [0.717, 1.165) is 48.8 Å². The minimum absolute atomic E-state index is 0. The smallest absolute Gasteiger partial charge is 0.268 e. The molecule has 12 nitrogen and oxygen atoms in total. The van der Waals surface area contributed by atoms with Crippen LogP contribution in [-0.2, 0) is 24.6 Å². The largest absolute Gasteiger partial charge is 0.756 e. The highest BCUT2D eigenvalue weighted by Gasteiger charge is 2.36. The van der Waals surface area contributed by atoms with E-state index in [0.29, 0.717) is 12.0 Å². The molecule has 0 saturated heterocycles. The molecule has 1 aliphatic carbocycles. The molecule has 0 fully saturated rings. The number of phosphoric ester groups is 2. The van der Waals surface area contributed by atoms with E-state index in [1.165, 1.54) is 27.7 Å². The Morgan fingerprint density at radius 2 is 1.46 bits per heavy atom. The summed E-state index contributed by atoms with van der Waals surface area (Å²) in [5.41, 5.74) is 3.33. The van der Waals surface area contributed by atoms with Crippen LogP contribution in [-0.4, -0.2) is 21.4 Å². The van der Waals surface area contributed by atoms with Crippen LogP contribution in [0.15, 0.2) is 35.9 Å². The molecule has 0 spiro atoms. The molecule has 1 aliphatic rings. The zero-order valence-electron chi connectivity index (χ0n) is 25.3. The average Bonchev–Trinajstić information content (AvgIpc) is 2.69. The van der Waals surface area contributed by atoms with Gasteiger partial charge in [0.1, 0.15) is 11.5 Å². The zero-order chi connectivity index (χ0) is 29.8. The summed E-state index contributed by atoms with van der Waals surface area (Å²) in [5, 5.41) is 0. The first-order chi connectivity index (χ1) is 17.7. The van der Waals surface area contributed by atoms with Crippen LogP contribution in [0.2, 0.25) is 0 Å². The van der Waals surface area contributed by atoms with Crippen LogP contribution >= 0.6 is 15.6 Å². The maximum Gasteiger partial charge on any atom is 0.268 e. The van der Waals surface area contributed by atoms with Crippen LogP contribution in [0, 0.1) is 5.92 Å². The topological polar surface area (TPSA) is 228 Å². The van der Waals surface area contributed by atoms with Crippen LogP contribution in [0.5, 0.6) is 11.5 Å². The van der Waals surface area contributed by atoms with E-state index in [-0.39, 0.29) is 35.6 Å². The molecule has 238 valence electrons. The third-order valence-corrected chi connectivity index (χ3v) is 7.67. The van der Waals surface area contributed by atoms with Gasteiger partial charge in [-0.25, -0.2) is 0 Å². The van der Waals surface area contributed by atoms with E-state index in [1.807, 2.05) is 13.8 Å². The predicted octanol–water partition coefficient (Wildman–Crippen LogP) is 5.94. The van der Waals surface area contributed by atoms with E-state index < -0.39 is 27.2 Å². The summed E-state index contributed by atoms with van der Waals surface area (Å²) in [6, 6.07) is 3.56. The van der Waals surface area contributed by atoms with Crippen molar-refractivity contribution in [3.05, 3.63) is 47.1 Å². The number of unbranched alkanes of at least 4 members (excludes halogenated alkanes) is 2. The highest BCUT2D eigenvalue weighted by atomic mass is 31.2. The lowest BCUT2D eigenvalue weighted by molar-refractivity contribution is -0.246. The van der Waals surface area contributed by atoms with E-state index in [1.54, 1.807) is 12.1 Å². The normalized spacial score (nSPS) is 20.4. The Hall–Kier alpha value is -1.56. The molecule has 0 saturated carbocycles. The molecule has 1 aromatic carbocycles. The van der Waals surface area contributed by atoms with Gasteiger partial charge in [-0.15, -0.1) is 0 Å². The molecule has 8 N–H and O–H groups in total. The second kappa shape index (κ2) is 15.3. The van der Waals surface area contributed by atoms with Gasteiger partial charge in [0.2, 0.25) is 11.6 Å². The Kier molecular flexibility index (Phi) is 14.7. The van der Waals surface area contributed by atoms with Gasteiger partial charge in [0.25, 0.3) is 15.6 Å². The monoisotopic (exact) mass is 622 g/mol. The van der Waals surface area contributed by atoms with Crippen molar-refractivity contribution in [1.29, 1.82) is 0 Å². The first-order valence-corrected chi connectivity index (χ1v) is 16.1. The Labute approximate surface area is 244 Å². The molecule has 2 rings (SSSR count). The van der Waals surface area contributed by atoms with E-state index in [9.17, 15) is 28.7 Å². The SMILES string of the molecule is C=C(C)C1CCC(C)=CC1c1c(OC(C)(C)OP(=O)([O-])O)cc(CCCCC)cc1OC(C)(C)OP(=O)([O-])O.N.N. The van der Waals surface area contributed by atoms with E-state index in [4.69, 9.17) is 18.5 Å². The second-order valence-corrected chi connectivity index (χ2v) is 13.4. The van der Waals surface area contributed by atoms with Crippen LogP contribution in [0.1, 0.15) is 97.6 Å². The van der Waals surface area contributed by atoms with E-state index in [2.05, 4.69) is 19.6 Å². The van der Waals surface area contributed by atoms with Crippen LogP contribution in [0.4, 0.5) is 0 Å². The molecule has 14 heteroatoms. The van der Waals surface area contributed by atoms with Crippen molar-refractivity contribution in [2.24, 2.45) is 5.92 Å². The van der Waals surface area contributed by atoms with Crippen LogP contribution in [0.25, 0.3) is 0 Å². The summed E-state index contributed by atoms with van der Waals surface area (Å²) in [6.45, 7) is 15.6. The van der Waals surface area contributed by atoms with Gasteiger partial charge in [-0.05, 0) is 63.1 Å². The van der Waals surface area contributed by atoms with Crippen molar-refractivity contribution in [3.63, 3.8) is 0 Å². The molecule has 0 bridgehead atoms. The minimum atomic E-state index is -5.16. The molecule has 0 amide bonds. The molecule has 4 atom stereocenters. The average molecular weight is 623 g/mol. The highest BCUT2D eigenvalue weighted by Crippen LogP contribution is 2.50. The molecular formula is C27H48N2O10P2-2. The van der Waals surface area contributed by atoms with Crippen molar-refractivity contribution in [1.82, 2.24) is 12.3 Å². The summed E-state index contributed by atoms with van der Waals surface area (Å²) in [7, 11) is -10.3. The summed E-state index contributed by atoms with van der Waals surface area (Å²) >= 11 is 0. The van der Waals surface area contributed by atoms with Crippen LogP contribution in [0.3, 0.4) is 0 Å². The number of hydrogen-bond donors (Lipinski definition) is 4. The maximum absolute atomic E-state index is 11.6. The van der Waals surface area contributed by atoms with Gasteiger partial charge in [0.15, 0.2) is 0 Å². The minimum Gasteiger partial charge on any atom is -0.756 e. The van der Waals surface area contributed by atoms with Gasteiger partial charge in [0, 0.05) is 39.2 Å². The standard InChI is InChI=1S/C27H44O10P2.2H3N/c1-9-10-11-12-20-16-23(34-26(5,6)36-38(28,29)30)25(22-15-19(4)13-14-21(22)18(2)3)24(17-20)35-27(7,8)37-39(31,32)33;;/h15-17,21-22H,2,9-14H2,1,3-8H3,(H2,28,29,30)(H2,31,32,33);2*1H3/p-2. The van der Waals surface area contributed by atoms with Crippen molar-refractivity contribution in [3.8, 4) is 11.5 Å². The van der Waals surface area contributed by atoms with Gasteiger partial charge < -0.3 is 41.3 Å². The van der Waals surface area contributed by atoms with Crippen molar-refractivity contribution >= 4 is 15.6 Å². The quantitative estimate of drug-likeness (QED) is 0.0817. The summed E-state index contributed by atoms with van der Waals surface area (Å²) in [6.07, 6.45) is 7.14. The number of aryl methyl sites for hydroxylation is 1. The Balaban J connectivity index is 0.00000800. The third kappa shape index (κ3) is 13.1. The number of benzene rings is 1. The fourth-order valence-corrected chi connectivity index (χ4v) is 6.09. The molecular weight excluding hydrogens is 574 g/mol. The third-order valence-electron chi connectivity index (χ3n) is 6.33. The Bertz CT molecular complexity index is 1100.